The van der Waals surface area contributed by atoms with E-state index in [4.69, 9.17) is 10.8 Å². The Morgan fingerprint density at radius 2 is 1.89 bits per heavy atom. The first kappa shape index (κ1) is 14.8. The molecule has 0 radical (unpaired) electrons. The van der Waals surface area contributed by atoms with Gasteiger partial charge in [0.15, 0.2) is 0 Å². The Hall–Kier alpha value is -1.27. The Balaban J connectivity index is 3.18. The molecule has 0 fully saturated rings. The summed E-state index contributed by atoms with van der Waals surface area (Å²) in [6.45, 7) is 2.36. The molecular formula is C12H16F2N2OS. The van der Waals surface area contributed by atoms with Gasteiger partial charge in [-0.15, -0.1) is 0 Å². The summed E-state index contributed by atoms with van der Waals surface area (Å²) >= 11 is 4.68. The highest BCUT2D eigenvalue weighted by molar-refractivity contribution is 7.80. The van der Waals surface area contributed by atoms with Crippen LogP contribution in [0.4, 0.5) is 14.5 Å². The van der Waals surface area contributed by atoms with Crippen molar-refractivity contribution in [3.8, 4) is 0 Å². The maximum absolute atomic E-state index is 13.9. The predicted octanol–water partition coefficient (Wildman–Crippen LogP) is 1.81. The van der Waals surface area contributed by atoms with Crippen LogP contribution in [-0.4, -0.2) is 29.8 Å². The maximum Gasteiger partial charge on any atom is 0.150 e. The molecule has 0 aliphatic carbocycles. The third-order valence-electron chi connectivity index (χ3n) is 2.48. The molecule has 18 heavy (non-hydrogen) atoms. The van der Waals surface area contributed by atoms with Crippen LogP contribution in [0, 0.1) is 11.6 Å². The number of benzene rings is 1. The van der Waals surface area contributed by atoms with Gasteiger partial charge in [-0.3, -0.25) is 0 Å². The first-order valence-electron chi connectivity index (χ1n) is 5.65. The molecular weight excluding hydrogens is 258 g/mol. The molecule has 6 heteroatoms. The monoisotopic (exact) mass is 274 g/mol. The van der Waals surface area contributed by atoms with Gasteiger partial charge in [0.25, 0.3) is 0 Å². The van der Waals surface area contributed by atoms with E-state index in [2.05, 4.69) is 12.2 Å². The highest BCUT2D eigenvalue weighted by atomic mass is 32.1. The summed E-state index contributed by atoms with van der Waals surface area (Å²) in [6, 6.07) is 2.22. The van der Waals surface area contributed by atoms with Crippen molar-refractivity contribution in [2.24, 2.45) is 5.73 Å². The van der Waals surface area contributed by atoms with Crippen LogP contribution in [0.5, 0.6) is 0 Å². The normalized spacial score (nSPS) is 10.4. The average Bonchev–Trinajstić information content (AvgIpc) is 2.28. The number of hydrogen-bond donors (Lipinski definition) is 2. The molecule has 0 aromatic heterocycles. The van der Waals surface area contributed by atoms with E-state index in [1.54, 1.807) is 0 Å². The zero-order chi connectivity index (χ0) is 13.7. The number of anilines is 1. The molecule has 0 spiro atoms. The van der Waals surface area contributed by atoms with Gasteiger partial charge in [0.2, 0.25) is 0 Å². The van der Waals surface area contributed by atoms with Gasteiger partial charge in [0.1, 0.15) is 22.3 Å². The molecule has 1 aromatic rings. The Bertz CT molecular complexity index is 411. The van der Waals surface area contributed by atoms with Crippen molar-refractivity contribution in [3.63, 3.8) is 0 Å². The second-order valence-electron chi connectivity index (χ2n) is 3.86. The minimum atomic E-state index is -0.722. The van der Waals surface area contributed by atoms with Crippen molar-refractivity contribution < 1.29 is 13.9 Å². The molecule has 0 aliphatic heterocycles. The van der Waals surface area contributed by atoms with Crippen LogP contribution in [0.3, 0.4) is 0 Å². The smallest absolute Gasteiger partial charge is 0.150 e. The third-order valence-corrected chi connectivity index (χ3v) is 2.72. The molecule has 0 atom stereocenters. The molecule has 100 valence electrons. The summed E-state index contributed by atoms with van der Waals surface area (Å²) in [6.07, 6.45) is 0.718. The lowest BCUT2D eigenvalue weighted by atomic mass is 10.1. The van der Waals surface area contributed by atoms with Crippen LogP contribution in [0.1, 0.15) is 18.9 Å². The predicted molar refractivity (Wildman–Crippen MR) is 71.8 cm³/mol. The molecule has 0 saturated carbocycles. The lowest BCUT2D eigenvalue weighted by Crippen LogP contribution is -2.29. The van der Waals surface area contributed by atoms with Gasteiger partial charge in [-0.2, -0.15) is 0 Å². The number of aliphatic hydroxyl groups is 1. The summed E-state index contributed by atoms with van der Waals surface area (Å²) < 4.78 is 27.8. The SMILES string of the molecule is CCCN(CCO)c1c(F)cc(C(N)=S)cc1F. The molecule has 1 aromatic carbocycles. The molecule has 0 amide bonds. The van der Waals surface area contributed by atoms with Crippen LogP contribution in [0.25, 0.3) is 0 Å². The number of halogens is 2. The van der Waals surface area contributed by atoms with E-state index < -0.39 is 11.6 Å². The van der Waals surface area contributed by atoms with Crippen LogP contribution in [0.15, 0.2) is 12.1 Å². The van der Waals surface area contributed by atoms with Crippen LogP contribution >= 0.6 is 12.2 Å². The minimum absolute atomic E-state index is 0.0523. The molecule has 0 heterocycles. The lowest BCUT2D eigenvalue weighted by molar-refractivity contribution is 0.301. The molecule has 3 nitrogen and oxygen atoms in total. The Morgan fingerprint density at radius 3 is 2.28 bits per heavy atom. The van der Waals surface area contributed by atoms with Crippen LogP contribution in [0.2, 0.25) is 0 Å². The van der Waals surface area contributed by atoms with Crippen molar-refractivity contribution in [1.82, 2.24) is 0 Å². The van der Waals surface area contributed by atoms with E-state index in [1.165, 1.54) is 4.90 Å². The second kappa shape index (κ2) is 6.61. The highest BCUT2D eigenvalue weighted by Crippen LogP contribution is 2.25. The van der Waals surface area contributed by atoms with Gasteiger partial charge >= 0.3 is 0 Å². The van der Waals surface area contributed by atoms with Gasteiger partial charge in [-0.1, -0.05) is 19.1 Å². The van der Waals surface area contributed by atoms with Crippen molar-refractivity contribution in [2.75, 3.05) is 24.6 Å². The van der Waals surface area contributed by atoms with Crippen molar-refractivity contribution in [2.45, 2.75) is 13.3 Å². The van der Waals surface area contributed by atoms with Gasteiger partial charge in [-0.25, -0.2) is 8.78 Å². The number of aliphatic hydroxyl groups excluding tert-OH is 1. The fourth-order valence-corrected chi connectivity index (χ4v) is 1.85. The molecule has 0 aliphatic rings. The van der Waals surface area contributed by atoms with E-state index in [0.29, 0.717) is 6.54 Å². The summed E-state index contributed by atoms with van der Waals surface area (Å²) in [5, 5.41) is 8.92. The number of thiocarbonyl (C=S) groups is 1. The summed E-state index contributed by atoms with van der Waals surface area (Å²) in [4.78, 5) is 1.41. The number of rotatable bonds is 6. The fraction of sp³-hybridized carbons (Fsp3) is 0.417. The van der Waals surface area contributed by atoms with Gasteiger partial charge in [0, 0.05) is 18.7 Å². The maximum atomic E-state index is 13.9. The van der Waals surface area contributed by atoms with Gasteiger partial charge in [-0.05, 0) is 18.6 Å². The first-order chi connectivity index (χ1) is 8.51. The second-order valence-corrected chi connectivity index (χ2v) is 4.30. The first-order valence-corrected chi connectivity index (χ1v) is 6.06. The number of hydrogen-bond acceptors (Lipinski definition) is 3. The largest absolute Gasteiger partial charge is 0.395 e. The zero-order valence-electron chi connectivity index (χ0n) is 10.1. The van der Waals surface area contributed by atoms with Crippen LogP contribution in [-0.2, 0) is 0 Å². The molecule has 1 rings (SSSR count). The number of nitrogens with zero attached hydrogens (tertiary/aromatic N) is 1. The molecule has 0 bridgehead atoms. The van der Waals surface area contributed by atoms with E-state index in [1.807, 2.05) is 6.92 Å². The standard InChI is InChI=1S/C12H16F2N2OS/c1-2-3-16(4-5-17)11-9(13)6-8(12(15)18)7-10(11)14/h6-7,17H,2-5H2,1H3,(H2,15,18). The van der Waals surface area contributed by atoms with E-state index >= 15 is 0 Å². The van der Waals surface area contributed by atoms with Crippen molar-refractivity contribution in [1.29, 1.82) is 0 Å². The van der Waals surface area contributed by atoms with E-state index in [0.717, 1.165) is 18.6 Å². The fourth-order valence-electron chi connectivity index (χ4n) is 1.74. The van der Waals surface area contributed by atoms with E-state index in [9.17, 15) is 8.78 Å². The summed E-state index contributed by atoms with van der Waals surface area (Å²) in [5.74, 6) is -1.44. The molecule has 3 N–H and O–H groups in total. The Kier molecular flexibility index (Phi) is 5.43. The average molecular weight is 274 g/mol. The highest BCUT2D eigenvalue weighted by Gasteiger charge is 2.17. The van der Waals surface area contributed by atoms with Crippen molar-refractivity contribution in [3.05, 3.63) is 29.3 Å². The zero-order valence-corrected chi connectivity index (χ0v) is 10.9. The quantitative estimate of drug-likeness (QED) is 0.777. The summed E-state index contributed by atoms with van der Waals surface area (Å²) in [7, 11) is 0. The van der Waals surface area contributed by atoms with Crippen LogP contribution < -0.4 is 10.6 Å². The molecule has 0 saturated heterocycles. The Labute approximate surface area is 110 Å². The van der Waals surface area contributed by atoms with Gasteiger partial charge < -0.3 is 15.7 Å². The topological polar surface area (TPSA) is 49.5 Å². The lowest BCUT2D eigenvalue weighted by Gasteiger charge is -2.24. The molecule has 0 unspecified atom stereocenters. The van der Waals surface area contributed by atoms with Crippen molar-refractivity contribution >= 4 is 22.9 Å². The number of nitrogens with two attached hydrogens (primary N) is 1. The Morgan fingerprint density at radius 1 is 1.33 bits per heavy atom. The third kappa shape index (κ3) is 3.36. The van der Waals surface area contributed by atoms with E-state index in [-0.39, 0.29) is 29.4 Å². The summed E-state index contributed by atoms with van der Waals surface area (Å²) in [5.41, 5.74) is 5.35. The van der Waals surface area contributed by atoms with Gasteiger partial charge in [0.05, 0.1) is 6.61 Å². The minimum Gasteiger partial charge on any atom is -0.395 e.